The van der Waals surface area contributed by atoms with Crippen LogP contribution in [0.2, 0.25) is 5.15 Å². The molecule has 1 N–H and O–H groups in total. The van der Waals surface area contributed by atoms with E-state index >= 15 is 0 Å². The van der Waals surface area contributed by atoms with E-state index in [1.54, 1.807) is 0 Å². The van der Waals surface area contributed by atoms with Crippen molar-refractivity contribution >= 4 is 39.7 Å². The van der Waals surface area contributed by atoms with Crippen LogP contribution in [0.15, 0.2) is 18.2 Å². The van der Waals surface area contributed by atoms with Crippen LogP contribution in [0, 0.1) is 5.82 Å². The zero-order chi connectivity index (χ0) is 14.7. The molecular formula is C12H10ClFN2O3S. The van der Waals surface area contributed by atoms with Crippen molar-refractivity contribution in [3.63, 3.8) is 0 Å². The van der Waals surface area contributed by atoms with Gasteiger partial charge in [0.2, 0.25) is 0 Å². The van der Waals surface area contributed by atoms with Gasteiger partial charge in [-0.2, -0.15) is 0 Å². The highest BCUT2D eigenvalue weighted by molar-refractivity contribution is 7.18. The number of carbonyl (C=O) groups is 1. The Morgan fingerprint density at radius 3 is 2.85 bits per heavy atom. The third-order valence-electron chi connectivity index (χ3n) is 2.37. The average molecular weight is 317 g/mol. The molecule has 0 unspecified atom stereocenters. The zero-order valence-electron chi connectivity index (χ0n) is 10.6. The molecule has 5 nitrogen and oxygen atoms in total. The van der Waals surface area contributed by atoms with Crippen LogP contribution in [-0.4, -0.2) is 25.2 Å². The van der Waals surface area contributed by atoms with E-state index in [9.17, 15) is 9.18 Å². The molecule has 0 radical (unpaired) electrons. The molecule has 2 rings (SSSR count). The maximum atomic E-state index is 13.7. The van der Waals surface area contributed by atoms with Gasteiger partial charge in [0.25, 0.3) is 0 Å². The summed E-state index contributed by atoms with van der Waals surface area (Å²) in [6, 6.07) is 4.23. The molecule has 106 valence electrons. The summed E-state index contributed by atoms with van der Waals surface area (Å²) in [5, 5.41) is 3.03. The number of ether oxygens (including phenoxy) is 2. The lowest BCUT2D eigenvalue weighted by Gasteiger charge is -2.06. The van der Waals surface area contributed by atoms with Gasteiger partial charge in [-0.25, -0.2) is 14.2 Å². The average Bonchev–Trinajstić information content (AvgIpc) is 2.81. The summed E-state index contributed by atoms with van der Waals surface area (Å²) in [6.45, 7) is 0. The van der Waals surface area contributed by atoms with Crippen molar-refractivity contribution in [2.75, 3.05) is 19.5 Å². The molecule has 0 aliphatic heterocycles. The molecule has 1 heterocycles. The number of carbonyl (C=O) groups excluding carboxylic acids is 1. The lowest BCUT2D eigenvalue weighted by atomic mass is 10.3. The van der Waals surface area contributed by atoms with Crippen LogP contribution in [-0.2, 0) is 4.74 Å². The number of rotatable bonds is 4. The molecule has 0 aliphatic rings. The highest BCUT2D eigenvalue weighted by Crippen LogP contribution is 2.31. The summed E-state index contributed by atoms with van der Waals surface area (Å²) in [6.07, 6.45) is 0. The number of hydrogen-bond acceptors (Lipinski definition) is 6. The van der Waals surface area contributed by atoms with Gasteiger partial charge in [-0.1, -0.05) is 22.9 Å². The third-order valence-corrected chi connectivity index (χ3v) is 3.71. The number of halogens is 2. The molecule has 0 bridgehead atoms. The second kappa shape index (κ2) is 6.06. The van der Waals surface area contributed by atoms with Crippen molar-refractivity contribution in [3.8, 4) is 5.75 Å². The van der Waals surface area contributed by atoms with Gasteiger partial charge in [0.05, 0.1) is 19.9 Å². The maximum absolute atomic E-state index is 13.7. The molecule has 0 amide bonds. The van der Waals surface area contributed by atoms with E-state index in [-0.39, 0.29) is 20.8 Å². The summed E-state index contributed by atoms with van der Waals surface area (Å²) in [5.41, 5.74) is 0.172. The molecule has 2 aromatic rings. The number of methoxy groups -OCH3 is 2. The Labute approximate surface area is 123 Å². The lowest BCUT2D eigenvalue weighted by Crippen LogP contribution is -1.98. The van der Waals surface area contributed by atoms with Crippen LogP contribution >= 0.6 is 22.9 Å². The number of anilines is 2. The van der Waals surface area contributed by atoms with E-state index in [0.717, 1.165) is 11.3 Å². The van der Waals surface area contributed by atoms with Crippen molar-refractivity contribution in [2.24, 2.45) is 0 Å². The van der Waals surface area contributed by atoms with Crippen molar-refractivity contribution in [2.45, 2.75) is 0 Å². The first-order valence-corrected chi connectivity index (χ1v) is 6.59. The molecular weight excluding hydrogens is 307 g/mol. The SMILES string of the molecule is COC(=O)c1sc(Nc2cc(OC)ccc2F)nc1Cl. The first kappa shape index (κ1) is 14.5. The van der Waals surface area contributed by atoms with E-state index in [1.165, 1.54) is 32.4 Å². The maximum Gasteiger partial charge on any atom is 0.351 e. The van der Waals surface area contributed by atoms with E-state index in [0.29, 0.717) is 5.75 Å². The first-order valence-electron chi connectivity index (χ1n) is 5.40. The van der Waals surface area contributed by atoms with E-state index in [1.807, 2.05) is 0 Å². The number of thiazole rings is 1. The summed E-state index contributed by atoms with van der Waals surface area (Å²) in [5.74, 6) is -0.576. The zero-order valence-corrected chi connectivity index (χ0v) is 12.1. The monoisotopic (exact) mass is 316 g/mol. The standard InChI is InChI=1S/C12H10ClFN2O3S/c1-18-6-3-4-7(14)8(5-6)15-12-16-10(13)9(20-12)11(17)19-2/h3-5H,1-2H3,(H,15,16). The van der Waals surface area contributed by atoms with Crippen LogP contribution in [0.3, 0.4) is 0 Å². The van der Waals surface area contributed by atoms with E-state index in [2.05, 4.69) is 15.0 Å². The second-order valence-corrected chi connectivity index (χ2v) is 4.96. The minimum Gasteiger partial charge on any atom is -0.497 e. The van der Waals surface area contributed by atoms with Crippen molar-refractivity contribution < 1.29 is 18.7 Å². The Morgan fingerprint density at radius 2 is 2.20 bits per heavy atom. The van der Waals surface area contributed by atoms with Gasteiger partial charge < -0.3 is 14.8 Å². The summed E-state index contributed by atoms with van der Waals surface area (Å²) < 4.78 is 23.2. The molecule has 0 saturated heterocycles. The Bertz CT molecular complexity index is 648. The van der Waals surface area contributed by atoms with Crippen LogP contribution in [0.4, 0.5) is 15.2 Å². The number of nitrogens with zero attached hydrogens (tertiary/aromatic N) is 1. The Kier molecular flexibility index (Phi) is 4.41. The first-order chi connectivity index (χ1) is 9.55. The van der Waals surface area contributed by atoms with Crippen molar-refractivity contribution in [1.29, 1.82) is 0 Å². The van der Waals surface area contributed by atoms with Crippen LogP contribution in [0.1, 0.15) is 9.67 Å². The topological polar surface area (TPSA) is 60.5 Å². The molecule has 0 atom stereocenters. The molecule has 0 aliphatic carbocycles. The molecule has 1 aromatic carbocycles. The van der Waals surface area contributed by atoms with Gasteiger partial charge in [0, 0.05) is 6.07 Å². The molecule has 0 spiro atoms. The fourth-order valence-electron chi connectivity index (χ4n) is 1.42. The van der Waals surface area contributed by atoms with Crippen LogP contribution in [0.5, 0.6) is 5.75 Å². The summed E-state index contributed by atoms with van der Waals surface area (Å²) in [7, 11) is 2.72. The van der Waals surface area contributed by atoms with Crippen LogP contribution < -0.4 is 10.1 Å². The third kappa shape index (κ3) is 3.00. The number of aromatic nitrogens is 1. The predicted octanol–water partition coefficient (Wildman–Crippen LogP) is 3.47. The fourth-order valence-corrected chi connectivity index (χ4v) is 2.53. The fraction of sp³-hybridized carbons (Fsp3) is 0.167. The van der Waals surface area contributed by atoms with E-state index in [4.69, 9.17) is 16.3 Å². The highest BCUT2D eigenvalue weighted by Gasteiger charge is 2.18. The van der Waals surface area contributed by atoms with Gasteiger partial charge in [-0.15, -0.1) is 0 Å². The van der Waals surface area contributed by atoms with Crippen molar-refractivity contribution in [1.82, 2.24) is 4.98 Å². The molecule has 1 aromatic heterocycles. The largest absolute Gasteiger partial charge is 0.497 e. The van der Waals surface area contributed by atoms with E-state index < -0.39 is 11.8 Å². The molecule has 0 saturated carbocycles. The van der Waals surface area contributed by atoms with Gasteiger partial charge in [0.15, 0.2) is 15.2 Å². The normalized spacial score (nSPS) is 10.2. The van der Waals surface area contributed by atoms with Crippen LogP contribution in [0.25, 0.3) is 0 Å². The van der Waals surface area contributed by atoms with Gasteiger partial charge >= 0.3 is 5.97 Å². The van der Waals surface area contributed by atoms with Gasteiger partial charge in [-0.3, -0.25) is 0 Å². The summed E-state index contributed by atoms with van der Waals surface area (Å²) in [4.78, 5) is 15.5. The Hall–Kier alpha value is -1.86. The number of nitrogens with one attached hydrogen (secondary N) is 1. The number of esters is 1. The molecule has 8 heteroatoms. The van der Waals surface area contributed by atoms with Gasteiger partial charge in [-0.05, 0) is 12.1 Å². The quantitative estimate of drug-likeness (QED) is 0.875. The second-order valence-electron chi connectivity index (χ2n) is 3.60. The summed E-state index contributed by atoms with van der Waals surface area (Å²) >= 11 is 6.80. The number of hydrogen-bond donors (Lipinski definition) is 1. The highest BCUT2D eigenvalue weighted by atomic mass is 35.5. The minimum atomic E-state index is -0.591. The molecule has 20 heavy (non-hydrogen) atoms. The Morgan fingerprint density at radius 1 is 1.45 bits per heavy atom. The lowest BCUT2D eigenvalue weighted by molar-refractivity contribution is 0.0606. The molecule has 0 fully saturated rings. The van der Waals surface area contributed by atoms with Crippen molar-refractivity contribution in [3.05, 3.63) is 34.0 Å². The smallest absolute Gasteiger partial charge is 0.351 e. The van der Waals surface area contributed by atoms with Gasteiger partial charge in [0.1, 0.15) is 11.6 Å². The number of benzene rings is 1. The Balaban J connectivity index is 2.28. The predicted molar refractivity (Wildman–Crippen MR) is 74.7 cm³/mol. The minimum absolute atomic E-state index is 0.00709.